The Balaban J connectivity index is 2.11. The minimum absolute atomic E-state index is 0.197. The molecule has 0 saturated heterocycles. The highest BCUT2D eigenvalue weighted by atomic mass is 35.5. The van der Waals surface area contributed by atoms with Gasteiger partial charge in [0.15, 0.2) is 10.9 Å². The number of thiazole rings is 1. The van der Waals surface area contributed by atoms with Crippen LogP contribution in [0.25, 0.3) is 5.52 Å². The number of nitrogens with one attached hydrogen (secondary N) is 1. The van der Waals surface area contributed by atoms with Crippen molar-refractivity contribution in [1.82, 2.24) is 19.6 Å². The minimum Gasteiger partial charge on any atom is -0.314 e. The Morgan fingerprint density at radius 2 is 2.38 bits per heavy atom. The molecule has 3 heterocycles. The van der Waals surface area contributed by atoms with Gasteiger partial charge in [0.05, 0.1) is 0 Å². The Hall–Kier alpha value is -1.66. The summed E-state index contributed by atoms with van der Waals surface area (Å²) < 4.78 is 1.67. The fraction of sp³-hybridized carbons (Fsp3) is 0. The topological polar surface area (TPSA) is 55.1 Å². The molecule has 0 amide bonds. The molecule has 0 atom stereocenters. The van der Waals surface area contributed by atoms with Crippen LogP contribution in [0.3, 0.4) is 0 Å². The fourth-order valence-corrected chi connectivity index (χ4v) is 2.08. The molecular weight excluding hydrogens is 246 g/mol. The fourth-order valence-electron chi connectivity index (χ4n) is 1.39. The van der Waals surface area contributed by atoms with Crippen LogP contribution < -0.4 is 5.32 Å². The first-order valence-electron chi connectivity index (χ1n) is 4.50. The number of halogens is 1. The van der Waals surface area contributed by atoms with Gasteiger partial charge in [0.25, 0.3) is 0 Å². The zero-order valence-electron chi connectivity index (χ0n) is 7.96. The van der Waals surface area contributed by atoms with Gasteiger partial charge in [0, 0.05) is 17.8 Å². The molecule has 3 aromatic rings. The van der Waals surface area contributed by atoms with Gasteiger partial charge in [-0.3, -0.25) is 0 Å². The SMILES string of the molecule is Clc1nc(Nc2nccs2)c2cccn2n1. The summed E-state index contributed by atoms with van der Waals surface area (Å²) in [6.07, 6.45) is 3.54. The number of aromatic nitrogens is 4. The maximum Gasteiger partial charge on any atom is 0.243 e. The monoisotopic (exact) mass is 251 g/mol. The van der Waals surface area contributed by atoms with E-state index >= 15 is 0 Å². The molecule has 0 aliphatic rings. The summed E-state index contributed by atoms with van der Waals surface area (Å²) >= 11 is 7.32. The van der Waals surface area contributed by atoms with E-state index in [9.17, 15) is 0 Å². The van der Waals surface area contributed by atoms with Crippen LogP contribution in [0.1, 0.15) is 0 Å². The highest BCUT2D eigenvalue weighted by Gasteiger charge is 2.07. The van der Waals surface area contributed by atoms with Gasteiger partial charge in [-0.25, -0.2) is 9.50 Å². The number of fused-ring (bicyclic) bond motifs is 1. The van der Waals surface area contributed by atoms with Crippen molar-refractivity contribution in [3.63, 3.8) is 0 Å². The second kappa shape index (κ2) is 3.73. The quantitative estimate of drug-likeness (QED) is 0.761. The number of rotatable bonds is 2. The van der Waals surface area contributed by atoms with E-state index in [1.807, 2.05) is 23.7 Å². The van der Waals surface area contributed by atoms with Gasteiger partial charge in [0.1, 0.15) is 5.52 Å². The minimum atomic E-state index is 0.197. The van der Waals surface area contributed by atoms with E-state index in [0.29, 0.717) is 5.82 Å². The third-order valence-electron chi connectivity index (χ3n) is 2.02. The summed E-state index contributed by atoms with van der Waals surface area (Å²) in [7, 11) is 0. The molecule has 16 heavy (non-hydrogen) atoms. The average Bonchev–Trinajstić information content (AvgIpc) is 2.87. The van der Waals surface area contributed by atoms with Gasteiger partial charge < -0.3 is 5.32 Å². The van der Waals surface area contributed by atoms with E-state index in [1.54, 1.807) is 10.7 Å². The highest BCUT2D eigenvalue weighted by Crippen LogP contribution is 2.22. The lowest BCUT2D eigenvalue weighted by Crippen LogP contribution is -2.00. The van der Waals surface area contributed by atoms with Crippen molar-refractivity contribution in [3.05, 3.63) is 35.2 Å². The van der Waals surface area contributed by atoms with Gasteiger partial charge in [-0.05, 0) is 23.7 Å². The third-order valence-corrected chi connectivity index (χ3v) is 2.87. The third kappa shape index (κ3) is 1.62. The Bertz CT molecular complexity index is 618. The molecule has 0 radical (unpaired) electrons. The van der Waals surface area contributed by atoms with Gasteiger partial charge in [0.2, 0.25) is 5.28 Å². The molecule has 0 unspecified atom stereocenters. The lowest BCUT2D eigenvalue weighted by Gasteiger charge is -2.04. The lowest BCUT2D eigenvalue weighted by molar-refractivity contribution is 0.907. The Labute approximate surface area is 99.7 Å². The number of anilines is 2. The molecule has 7 heteroatoms. The molecule has 0 aliphatic carbocycles. The van der Waals surface area contributed by atoms with Crippen LogP contribution in [-0.4, -0.2) is 19.6 Å². The van der Waals surface area contributed by atoms with Crippen LogP contribution in [0.4, 0.5) is 10.9 Å². The summed E-state index contributed by atoms with van der Waals surface area (Å²) in [5, 5.41) is 10.0. The molecule has 5 nitrogen and oxygen atoms in total. The molecule has 0 aromatic carbocycles. The highest BCUT2D eigenvalue weighted by molar-refractivity contribution is 7.13. The standard InChI is InChI=1S/C9H6ClN5S/c10-8-12-7(13-9-11-3-5-16-9)6-2-1-4-15(6)14-8/h1-5H,(H,11,12,13,14). The maximum atomic E-state index is 5.82. The molecule has 1 N–H and O–H groups in total. The van der Waals surface area contributed by atoms with Crippen LogP contribution in [0.5, 0.6) is 0 Å². The summed E-state index contributed by atoms with van der Waals surface area (Å²) in [6, 6.07) is 3.79. The van der Waals surface area contributed by atoms with E-state index in [2.05, 4.69) is 20.4 Å². The van der Waals surface area contributed by atoms with E-state index in [4.69, 9.17) is 11.6 Å². The van der Waals surface area contributed by atoms with Gasteiger partial charge in [-0.15, -0.1) is 16.4 Å². The second-order valence-corrected chi connectivity index (χ2v) is 4.26. The van der Waals surface area contributed by atoms with E-state index in [1.165, 1.54) is 11.3 Å². The van der Waals surface area contributed by atoms with Crippen LogP contribution in [0.15, 0.2) is 29.9 Å². The number of hydrogen-bond acceptors (Lipinski definition) is 5. The first-order valence-corrected chi connectivity index (χ1v) is 5.76. The Morgan fingerprint density at radius 3 is 3.19 bits per heavy atom. The molecule has 3 aromatic heterocycles. The molecule has 0 fully saturated rings. The molecule has 0 bridgehead atoms. The molecular formula is C9H6ClN5S. The first kappa shape index (κ1) is 9.56. The van der Waals surface area contributed by atoms with Crippen molar-refractivity contribution in [2.24, 2.45) is 0 Å². The zero-order chi connectivity index (χ0) is 11.0. The first-order chi connectivity index (χ1) is 7.83. The predicted molar refractivity (Wildman–Crippen MR) is 63.4 cm³/mol. The summed E-state index contributed by atoms with van der Waals surface area (Å²) in [4.78, 5) is 8.26. The van der Waals surface area contributed by atoms with Crippen LogP contribution in [0, 0.1) is 0 Å². The zero-order valence-corrected chi connectivity index (χ0v) is 9.53. The number of nitrogens with zero attached hydrogens (tertiary/aromatic N) is 4. The van der Waals surface area contributed by atoms with Crippen LogP contribution in [0.2, 0.25) is 5.28 Å². The van der Waals surface area contributed by atoms with Gasteiger partial charge >= 0.3 is 0 Å². The van der Waals surface area contributed by atoms with Crippen LogP contribution >= 0.6 is 22.9 Å². The smallest absolute Gasteiger partial charge is 0.243 e. The maximum absolute atomic E-state index is 5.82. The second-order valence-electron chi connectivity index (χ2n) is 3.03. The van der Waals surface area contributed by atoms with Crippen LogP contribution in [-0.2, 0) is 0 Å². The average molecular weight is 252 g/mol. The summed E-state index contributed by atoms with van der Waals surface area (Å²) in [5.74, 6) is 0.653. The summed E-state index contributed by atoms with van der Waals surface area (Å²) in [5.41, 5.74) is 0.861. The van der Waals surface area contributed by atoms with Gasteiger partial charge in [-0.2, -0.15) is 4.98 Å². The van der Waals surface area contributed by atoms with Crippen molar-refractivity contribution in [2.75, 3.05) is 5.32 Å². The Morgan fingerprint density at radius 1 is 1.44 bits per heavy atom. The molecule has 0 saturated carbocycles. The normalized spacial score (nSPS) is 10.8. The van der Waals surface area contributed by atoms with Crippen molar-refractivity contribution < 1.29 is 0 Å². The molecule has 3 rings (SSSR count). The number of hydrogen-bond donors (Lipinski definition) is 1. The van der Waals surface area contributed by atoms with Crippen molar-refractivity contribution >= 4 is 39.4 Å². The molecule has 80 valence electrons. The molecule has 0 spiro atoms. The molecule has 0 aliphatic heterocycles. The van der Waals surface area contributed by atoms with E-state index in [0.717, 1.165) is 10.6 Å². The summed E-state index contributed by atoms with van der Waals surface area (Å²) in [6.45, 7) is 0. The van der Waals surface area contributed by atoms with E-state index in [-0.39, 0.29) is 5.28 Å². The largest absolute Gasteiger partial charge is 0.314 e. The lowest BCUT2D eigenvalue weighted by atomic mass is 10.5. The predicted octanol–water partition coefficient (Wildman–Crippen LogP) is 2.58. The van der Waals surface area contributed by atoms with Crippen molar-refractivity contribution in [1.29, 1.82) is 0 Å². The van der Waals surface area contributed by atoms with Crippen molar-refractivity contribution in [2.45, 2.75) is 0 Å². The Kier molecular flexibility index (Phi) is 2.23. The van der Waals surface area contributed by atoms with Gasteiger partial charge in [-0.1, -0.05) is 0 Å². The van der Waals surface area contributed by atoms with E-state index < -0.39 is 0 Å². The van der Waals surface area contributed by atoms with Crippen molar-refractivity contribution in [3.8, 4) is 0 Å².